The third kappa shape index (κ3) is 2.94. The zero-order valence-electron chi connectivity index (χ0n) is 11.5. The van der Waals surface area contributed by atoms with E-state index in [1.807, 2.05) is 62.5 Å². The van der Waals surface area contributed by atoms with E-state index in [1.54, 1.807) is 11.9 Å². The van der Waals surface area contributed by atoms with Crippen molar-refractivity contribution >= 4 is 17.3 Å². The van der Waals surface area contributed by atoms with Crippen molar-refractivity contribution in [2.24, 2.45) is 0 Å². The van der Waals surface area contributed by atoms with Gasteiger partial charge in [0, 0.05) is 31.0 Å². The molecular weight excluding hydrogens is 236 g/mol. The number of aryl methyl sites for hydroxylation is 1. The van der Waals surface area contributed by atoms with Crippen LogP contribution in [-0.2, 0) is 0 Å². The van der Waals surface area contributed by atoms with Crippen LogP contribution in [0.25, 0.3) is 0 Å². The molecule has 0 unspecified atom stereocenters. The van der Waals surface area contributed by atoms with Gasteiger partial charge >= 0.3 is 0 Å². The van der Waals surface area contributed by atoms with Gasteiger partial charge < -0.3 is 10.2 Å². The molecule has 3 nitrogen and oxygen atoms in total. The second-order valence-electron chi connectivity index (χ2n) is 4.53. The molecule has 0 aromatic heterocycles. The maximum atomic E-state index is 12.4. The Morgan fingerprint density at radius 2 is 1.79 bits per heavy atom. The van der Waals surface area contributed by atoms with Crippen molar-refractivity contribution in [2.45, 2.75) is 6.92 Å². The number of nitrogens with zero attached hydrogens (tertiary/aromatic N) is 1. The molecule has 2 rings (SSSR count). The van der Waals surface area contributed by atoms with Crippen molar-refractivity contribution in [1.29, 1.82) is 0 Å². The van der Waals surface area contributed by atoms with Crippen LogP contribution in [-0.4, -0.2) is 20.0 Å². The minimum Gasteiger partial charge on any atom is -0.388 e. The van der Waals surface area contributed by atoms with Crippen LogP contribution in [0.2, 0.25) is 0 Å². The molecule has 2 aromatic carbocycles. The summed E-state index contributed by atoms with van der Waals surface area (Å²) in [5.74, 6) is -0.0130. The van der Waals surface area contributed by atoms with Crippen molar-refractivity contribution in [1.82, 2.24) is 0 Å². The van der Waals surface area contributed by atoms with Gasteiger partial charge in [0.25, 0.3) is 5.91 Å². The minimum absolute atomic E-state index is 0.0130. The smallest absolute Gasteiger partial charge is 0.258 e. The predicted octanol–water partition coefficient (Wildman–Crippen LogP) is 3.31. The maximum Gasteiger partial charge on any atom is 0.258 e. The first kappa shape index (κ1) is 13.1. The molecular formula is C16H18N2O. The molecule has 0 aliphatic heterocycles. The van der Waals surface area contributed by atoms with Crippen molar-refractivity contribution in [3.05, 3.63) is 59.7 Å². The lowest BCUT2D eigenvalue weighted by atomic mass is 10.1. The summed E-state index contributed by atoms with van der Waals surface area (Å²) < 4.78 is 0. The Morgan fingerprint density at radius 3 is 2.42 bits per heavy atom. The third-order valence-electron chi connectivity index (χ3n) is 3.12. The van der Waals surface area contributed by atoms with Gasteiger partial charge in [0.1, 0.15) is 0 Å². The molecule has 19 heavy (non-hydrogen) atoms. The average molecular weight is 254 g/mol. The summed E-state index contributed by atoms with van der Waals surface area (Å²) in [5.41, 5.74) is 3.69. The van der Waals surface area contributed by atoms with E-state index in [2.05, 4.69) is 5.32 Å². The fourth-order valence-corrected chi connectivity index (χ4v) is 1.89. The van der Waals surface area contributed by atoms with Crippen LogP contribution in [0.5, 0.6) is 0 Å². The molecule has 0 saturated carbocycles. The maximum absolute atomic E-state index is 12.4. The molecule has 0 aliphatic rings. The average Bonchev–Trinajstić information content (AvgIpc) is 2.46. The first-order valence-electron chi connectivity index (χ1n) is 6.24. The second kappa shape index (κ2) is 5.57. The van der Waals surface area contributed by atoms with E-state index in [1.165, 1.54) is 5.56 Å². The lowest BCUT2D eigenvalue weighted by Crippen LogP contribution is -2.26. The number of amides is 1. The highest BCUT2D eigenvalue weighted by Crippen LogP contribution is 2.18. The van der Waals surface area contributed by atoms with Crippen LogP contribution in [0.15, 0.2) is 48.5 Å². The highest BCUT2D eigenvalue weighted by atomic mass is 16.2. The monoisotopic (exact) mass is 254 g/mol. The van der Waals surface area contributed by atoms with E-state index >= 15 is 0 Å². The zero-order chi connectivity index (χ0) is 13.8. The zero-order valence-corrected chi connectivity index (χ0v) is 11.5. The number of anilines is 2. The normalized spacial score (nSPS) is 10.1. The summed E-state index contributed by atoms with van der Waals surface area (Å²) >= 11 is 0. The molecule has 0 aliphatic carbocycles. The van der Waals surface area contributed by atoms with Crippen LogP contribution in [0.4, 0.5) is 11.4 Å². The molecule has 0 atom stereocenters. The Hall–Kier alpha value is -2.29. The first-order valence-corrected chi connectivity index (χ1v) is 6.24. The fourth-order valence-electron chi connectivity index (χ4n) is 1.89. The number of carbonyl (C=O) groups is 1. The van der Waals surface area contributed by atoms with Gasteiger partial charge in [0.2, 0.25) is 0 Å². The Bertz CT molecular complexity index is 576. The predicted molar refractivity (Wildman–Crippen MR) is 79.9 cm³/mol. The third-order valence-corrected chi connectivity index (χ3v) is 3.12. The van der Waals surface area contributed by atoms with Crippen molar-refractivity contribution in [3.63, 3.8) is 0 Å². The summed E-state index contributed by atoms with van der Waals surface area (Å²) in [4.78, 5) is 14.1. The number of hydrogen-bond acceptors (Lipinski definition) is 2. The number of benzene rings is 2. The van der Waals surface area contributed by atoms with E-state index in [0.29, 0.717) is 5.56 Å². The van der Waals surface area contributed by atoms with Gasteiger partial charge in [-0.2, -0.15) is 0 Å². The number of hydrogen-bond donors (Lipinski definition) is 1. The van der Waals surface area contributed by atoms with Gasteiger partial charge in [0.15, 0.2) is 0 Å². The van der Waals surface area contributed by atoms with Gasteiger partial charge in [-0.25, -0.2) is 0 Å². The lowest BCUT2D eigenvalue weighted by molar-refractivity contribution is 0.0993. The summed E-state index contributed by atoms with van der Waals surface area (Å²) in [6, 6.07) is 15.4. The Balaban J connectivity index is 2.25. The van der Waals surface area contributed by atoms with Crippen LogP contribution in [0.1, 0.15) is 15.9 Å². The molecule has 0 bridgehead atoms. The SMILES string of the molecule is CNc1cccc(C(=O)N(C)c2ccc(C)cc2)c1. The van der Waals surface area contributed by atoms with Gasteiger partial charge in [0.05, 0.1) is 0 Å². The topological polar surface area (TPSA) is 32.3 Å². The van der Waals surface area contributed by atoms with Crippen molar-refractivity contribution in [2.75, 3.05) is 24.3 Å². The number of rotatable bonds is 3. The molecule has 0 radical (unpaired) electrons. The highest BCUT2D eigenvalue weighted by molar-refractivity contribution is 6.06. The highest BCUT2D eigenvalue weighted by Gasteiger charge is 2.13. The molecule has 0 spiro atoms. The molecule has 2 aromatic rings. The minimum atomic E-state index is -0.0130. The number of nitrogens with one attached hydrogen (secondary N) is 1. The van der Waals surface area contributed by atoms with Crippen LogP contribution in [0.3, 0.4) is 0 Å². The Kier molecular flexibility index (Phi) is 3.85. The van der Waals surface area contributed by atoms with Gasteiger partial charge in [-0.1, -0.05) is 23.8 Å². The first-order chi connectivity index (χ1) is 9.11. The molecule has 0 fully saturated rings. The summed E-state index contributed by atoms with van der Waals surface area (Å²) in [6.45, 7) is 2.03. The van der Waals surface area contributed by atoms with Crippen LogP contribution in [0, 0.1) is 6.92 Å². The van der Waals surface area contributed by atoms with E-state index in [9.17, 15) is 4.79 Å². The van der Waals surface area contributed by atoms with E-state index in [4.69, 9.17) is 0 Å². The quantitative estimate of drug-likeness (QED) is 0.911. The largest absolute Gasteiger partial charge is 0.388 e. The standard InChI is InChI=1S/C16H18N2O/c1-12-7-9-15(10-8-12)18(3)16(19)13-5-4-6-14(11-13)17-2/h4-11,17H,1-3H3. The fraction of sp³-hybridized carbons (Fsp3) is 0.188. The van der Waals surface area contributed by atoms with Crippen molar-refractivity contribution in [3.8, 4) is 0 Å². The van der Waals surface area contributed by atoms with E-state index in [-0.39, 0.29) is 5.91 Å². The van der Waals surface area contributed by atoms with E-state index < -0.39 is 0 Å². The molecule has 1 amide bonds. The van der Waals surface area contributed by atoms with Gasteiger partial charge in [-0.15, -0.1) is 0 Å². The van der Waals surface area contributed by atoms with Crippen LogP contribution < -0.4 is 10.2 Å². The Morgan fingerprint density at radius 1 is 1.11 bits per heavy atom. The van der Waals surface area contributed by atoms with Crippen LogP contribution >= 0.6 is 0 Å². The van der Waals surface area contributed by atoms with Gasteiger partial charge in [-0.3, -0.25) is 4.79 Å². The molecule has 1 N–H and O–H groups in total. The summed E-state index contributed by atoms with van der Waals surface area (Å²) in [5, 5.41) is 3.04. The summed E-state index contributed by atoms with van der Waals surface area (Å²) in [6.07, 6.45) is 0. The van der Waals surface area contributed by atoms with Gasteiger partial charge in [-0.05, 0) is 37.3 Å². The summed E-state index contributed by atoms with van der Waals surface area (Å²) in [7, 11) is 3.63. The second-order valence-corrected chi connectivity index (χ2v) is 4.53. The van der Waals surface area contributed by atoms with Crippen molar-refractivity contribution < 1.29 is 4.79 Å². The van der Waals surface area contributed by atoms with E-state index in [0.717, 1.165) is 11.4 Å². The molecule has 98 valence electrons. The Labute approximate surface area is 113 Å². The number of carbonyl (C=O) groups excluding carboxylic acids is 1. The molecule has 3 heteroatoms. The molecule has 0 heterocycles. The lowest BCUT2D eigenvalue weighted by Gasteiger charge is -2.18. The molecule has 0 saturated heterocycles.